The average Bonchev–Trinajstić information content (AvgIpc) is 1.99. The fourth-order valence-corrected chi connectivity index (χ4v) is 2.53. The lowest BCUT2D eigenvalue weighted by molar-refractivity contribution is 0.445. The fourth-order valence-electron chi connectivity index (χ4n) is 1.14. The van der Waals surface area contributed by atoms with Crippen LogP contribution in [0, 0.1) is 0 Å². The summed E-state index contributed by atoms with van der Waals surface area (Å²) in [4.78, 5) is 9.90. The summed E-state index contributed by atoms with van der Waals surface area (Å²) in [6, 6.07) is 3.52. The van der Waals surface area contributed by atoms with Gasteiger partial charge in [0.2, 0.25) is 7.37 Å². The number of phenols is 2. The molecule has 4 nitrogen and oxygen atoms in total. The molecule has 0 fully saturated rings. The van der Waals surface area contributed by atoms with Crippen LogP contribution in [-0.2, 0) is 4.57 Å². The summed E-state index contributed by atoms with van der Waals surface area (Å²) in [7, 11) is -3.60. The van der Waals surface area contributed by atoms with Crippen LogP contribution in [-0.4, -0.2) is 20.3 Å². The summed E-state index contributed by atoms with van der Waals surface area (Å²) in [6.45, 7) is 4.90. The molecular weight excluding hydrogens is 215 g/mol. The zero-order valence-electron chi connectivity index (χ0n) is 8.93. The number of benzene rings is 1. The molecule has 1 aromatic carbocycles. The third-order valence-electron chi connectivity index (χ3n) is 2.15. The zero-order valence-corrected chi connectivity index (χ0v) is 9.82. The van der Waals surface area contributed by atoms with Gasteiger partial charge in [0.1, 0.15) is 11.5 Å². The van der Waals surface area contributed by atoms with E-state index in [9.17, 15) is 19.7 Å². The second-order valence-electron chi connectivity index (χ2n) is 4.45. The fraction of sp³-hybridized carbons (Fsp3) is 0.400. The van der Waals surface area contributed by atoms with Gasteiger partial charge in [0, 0.05) is 16.5 Å². The summed E-state index contributed by atoms with van der Waals surface area (Å²) in [5.74, 6) is -0.438. The van der Waals surface area contributed by atoms with Gasteiger partial charge in [-0.2, -0.15) is 0 Å². The highest BCUT2D eigenvalue weighted by atomic mass is 31.2. The summed E-state index contributed by atoms with van der Waals surface area (Å²) in [5, 5.41) is 17.7. The number of hydrogen-bond acceptors (Lipinski definition) is 3. The van der Waals surface area contributed by atoms with E-state index in [1.807, 2.05) is 0 Å². The molecule has 0 aliphatic rings. The molecule has 5 heteroatoms. The minimum Gasteiger partial charge on any atom is -0.508 e. The van der Waals surface area contributed by atoms with Gasteiger partial charge in [0.15, 0.2) is 0 Å². The topological polar surface area (TPSA) is 77.8 Å². The Bertz CT molecular complexity index is 400. The van der Waals surface area contributed by atoms with Crippen molar-refractivity contribution in [2.45, 2.75) is 25.9 Å². The molecule has 0 saturated carbocycles. The summed E-state index contributed by atoms with van der Waals surface area (Å²) in [5.41, 5.74) is 0. The Kier molecular flexibility index (Phi) is 2.85. The van der Waals surface area contributed by atoms with E-state index in [4.69, 9.17) is 0 Å². The molecule has 0 heterocycles. The Morgan fingerprint density at radius 1 is 1.07 bits per heavy atom. The van der Waals surface area contributed by atoms with Crippen molar-refractivity contribution in [3.8, 4) is 11.5 Å². The summed E-state index contributed by atoms with van der Waals surface area (Å²) >= 11 is 0. The number of phenolic OH excluding ortho intramolecular Hbond substituents is 2. The van der Waals surface area contributed by atoms with E-state index in [1.54, 1.807) is 20.8 Å². The average molecular weight is 230 g/mol. The molecule has 1 unspecified atom stereocenters. The zero-order chi connectivity index (χ0) is 11.9. The maximum absolute atomic E-state index is 12.1. The van der Waals surface area contributed by atoms with Gasteiger partial charge in [-0.3, -0.25) is 4.57 Å². The molecule has 0 aromatic heterocycles. The van der Waals surface area contributed by atoms with E-state index < -0.39 is 12.5 Å². The maximum atomic E-state index is 12.1. The number of rotatable bonds is 1. The predicted octanol–water partition coefficient (Wildman–Crippen LogP) is 1.79. The first kappa shape index (κ1) is 12.1. The van der Waals surface area contributed by atoms with E-state index >= 15 is 0 Å². The van der Waals surface area contributed by atoms with Gasteiger partial charge in [-0.25, -0.2) is 0 Å². The molecule has 1 rings (SSSR count). The normalized spacial score (nSPS) is 16.0. The van der Waals surface area contributed by atoms with Crippen LogP contribution >= 0.6 is 7.37 Å². The van der Waals surface area contributed by atoms with E-state index in [-0.39, 0.29) is 16.8 Å². The van der Waals surface area contributed by atoms with Crippen LogP contribution in [0.2, 0.25) is 0 Å². The second kappa shape index (κ2) is 3.54. The smallest absolute Gasteiger partial charge is 0.235 e. The monoisotopic (exact) mass is 230 g/mol. The van der Waals surface area contributed by atoms with Gasteiger partial charge in [0.25, 0.3) is 0 Å². The van der Waals surface area contributed by atoms with Crippen LogP contribution in [0.1, 0.15) is 20.8 Å². The molecule has 0 aliphatic carbocycles. The first-order valence-corrected chi connectivity index (χ1v) is 6.17. The van der Waals surface area contributed by atoms with Crippen molar-refractivity contribution in [1.29, 1.82) is 0 Å². The number of hydrogen-bond donors (Lipinski definition) is 3. The Hall–Kier alpha value is -0.990. The highest BCUT2D eigenvalue weighted by Crippen LogP contribution is 2.53. The highest BCUT2D eigenvalue weighted by molar-refractivity contribution is 7.67. The van der Waals surface area contributed by atoms with Crippen LogP contribution in [0.5, 0.6) is 11.5 Å². The first-order chi connectivity index (χ1) is 6.64. The predicted molar refractivity (Wildman–Crippen MR) is 59.0 cm³/mol. The van der Waals surface area contributed by atoms with E-state index in [2.05, 4.69) is 0 Å². The third kappa shape index (κ3) is 2.33. The molecule has 15 heavy (non-hydrogen) atoms. The van der Waals surface area contributed by atoms with Gasteiger partial charge >= 0.3 is 0 Å². The van der Waals surface area contributed by atoms with Gasteiger partial charge in [-0.1, -0.05) is 20.8 Å². The highest BCUT2D eigenvalue weighted by Gasteiger charge is 2.36. The minimum atomic E-state index is -3.60. The van der Waals surface area contributed by atoms with Crippen LogP contribution in [0.4, 0.5) is 0 Å². The van der Waals surface area contributed by atoms with Gasteiger partial charge in [-0.15, -0.1) is 0 Å². The Balaban J connectivity index is 3.34. The largest absolute Gasteiger partial charge is 0.508 e. The molecule has 0 amide bonds. The molecule has 1 atom stereocenters. The summed E-state index contributed by atoms with van der Waals surface area (Å²) < 4.78 is 12.1. The van der Waals surface area contributed by atoms with Crippen molar-refractivity contribution >= 4 is 12.7 Å². The van der Waals surface area contributed by atoms with Crippen LogP contribution in [0.25, 0.3) is 0 Å². The molecular formula is C10H15O4P. The van der Waals surface area contributed by atoms with Crippen molar-refractivity contribution in [3.05, 3.63) is 18.2 Å². The van der Waals surface area contributed by atoms with Crippen molar-refractivity contribution in [2.75, 3.05) is 0 Å². The summed E-state index contributed by atoms with van der Waals surface area (Å²) in [6.07, 6.45) is 0. The maximum Gasteiger partial charge on any atom is 0.235 e. The molecule has 0 bridgehead atoms. The number of aromatic hydroxyl groups is 2. The van der Waals surface area contributed by atoms with Crippen LogP contribution < -0.4 is 5.30 Å². The third-order valence-corrected chi connectivity index (χ3v) is 4.92. The second-order valence-corrected chi connectivity index (χ2v) is 7.46. The minimum absolute atomic E-state index is 0.0625. The Morgan fingerprint density at radius 3 is 1.80 bits per heavy atom. The van der Waals surface area contributed by atoms with Crippen molar-refractivity contribution in [1.82, 2.24) is 0 Å². The van der Waals surface area contributed by atoms with E-state index in [1.165, 1.54) is 12.1 Å². The molecule has 84 valence electrons. The van der Waals surface area contributed by atoms with Crippen molar-refractivity contribution in [3.63, 3.8) is 0 Å². The van der Waals surface area contributed by atoms with Crippen LogP contribution in [0.15, 0.2) is 18.2 Å². The van der Waals surface area contributed by atoms with Crippen molar-refractivity contribution < 1.29 is 19.7 Å². The van der Waals surface area contributed by atoms with E-state index in [0.717, 1.165) is 6.07 Å². The van der Waals surface area contributed by atoms with Gasteiger partial charge in [-0.05, 0) is 12.1 Å². The van der Waals surface area contributed by atoms with E-state index in [0.29, 0.717) is 0 Å². The lowest BCUT2D eigenvalue weighted by Crippen LogP contribution is -2.22. The molecule has 1 aromatic rings. The quantitative estimate of drug-likeness (QED) is 0.643. The molecule has 0 radical (unpaired) electrons. The lowest BCUT2D eigenvalue weighted by atomic mass is 10.3. The van der Waals surface area contributed by atoms with Gasteiger partial charge in [0.05, 0.1) is 0 Å². The lowest BCUT2D eigenvalue weighted by Gasteiger charge is -2.26. The molecule has 3 N–H and O–H groups in total. The molecule has 0 spiro atoms. The first-order valence-electron chi connectivity index (χ1n) is 4.51. The Labute approximate surface area is 88.7 Å². The van der Waals surface area contributed by atoms with Crippen LogP contribution in [0.3, 0.4) is 0 Å². The Morgan fingerprint density at radius 2 is 1.47 bits per heavy atom. The standard InChI is InChI=1S/C10H15O4P/c1-10(2,3)15(13,14)9-5-7(11)4-8(12)6-9/h4-6,11-12H,1-3H3,(H,13,14). The van der Waals surface area contributed by atoms with Crippen molar-refractivity contribution in [2.24, 2.45) is 0 Å². The molecule has 0 saturated heterocycles. The SMILES string of the molecule is CC(C)(C)P(=O)(O)c1cc(O)cc(O)c1. The molecule has 0 aliphatic heterocycles. The van der Waals surface area contributed by atoms with Gasteiger partial charge < -0.3 is 15.1 Å².